The Labute approximate surface area is 185 Å². The second-order valence-electron chi connectivity index (χ2n) is 7.64. The second kappa shape index (κ2) is 12.3. The molecule has 4 aromatic rings. The van der Waals surface area contributed by atoms with Gasteiger partial charge in [0, 0.05) is 9.58 Å². The maximum Gasteiger partial charge on any atom is 0.0390 e. The molecule has 0 unspecified atom stereocenters. The number of hydrogen-bond donors (Lipinski definition) is 0. The number of unbranched alkanes of at least 4 members (excludes halogenated alkanes) is 3. The minimum absolute atomic E-state index is 0. The van der Waals surface area contributed by atoms with Crippen LogP contribution >= 0.6 is 11.3 Å². The fourth-order valence-corrected chi connectivity index (χ4v) is 4.73. The monoisotopic (exact) mass is 418 g/mol. The highest BCUT2D eigenvalue weighted by molar-refractivity contribution is 7.22. The number of benzene rings is 3. The number of thiophene rings is 1. The van der Waals surface area contributed by atoms with E-state index >= 15 is 0 Å². The Bertz CT molecular complexity index is 996. The third kappa shape index (κ3) is 6.29. The van der Waals surface area contributed by atoms with Crippen LogP contribution < -0.4 is 0 Å². The van der Waals surface area contributed by atoms with Gasteiger partial charge >= 0.3 is 0 Å². The summed E-state index contributed by atoms with van der Waals surface area (Å²) in [6.07, 6.45) is 6.52. The maximum atomic E-state index is 2.25. The Balaban J connectivity index is 0.000000405. The van der Waals surface area contributed by atoms with Crippen molar-refractivity contribution in [2.45, 2.75) is 52.9 Å². The van der Waals surface area contributed by atoms with Crippen LogP contribution in [0.4, 0.5) is 0 Å². The minimum Gasteiger partial charge on any atom is -0.412 e. The molecular formula is C28H34OS. The summed E-state index contributed by atoms with van der Waals surface area (Å²) in [5, 5.41) is 1.39. The summed E-state index contributed by atoms with van der Waals surface area (Å²) in [6, 6.07) is 28.4. The van der Waals surface area contributed by atoms with Gasteiger partial charge in [0.15, 0.2) is 0 Å². The molecule has 0 amide bonds. The third-order valence-electron chi connectivity index (χ3n) is 5.19. The van der Waals surface area contributed by atoms with Crippen LogP contribution in [0.25, 0.3) is 20.5 Å². The Kier molecular flexibility index (Phi) is 9.79. The highest BCUT2D eigenvalue weighted by Gasteiger charge is 2.13. The van der Waals surface area contributed by atoms with Gasteiger partial charge in [0.2, 0.25) is 0 Å². The lowest BCUT2D eigenvalue weighted by Gasteiger charge is -2.06. The molecule has 0 aliphatic carbocycles. The van der Waals surface area contributed by atoms with Gasteiger partial charge in [-0.2, -0.15) is 0 Å². The molecule has 158 valence electrons. The van der Waals surface area contributed by atoms with E-state index in [0.717, 1.165) is 6.42 Å². The first-order valence-corrected chi connectivity index (χ1v) is 11.7. The Hall–Kier alpha value is -2.42. The Morgan fingerprint density at radius 3 is 1.93 bits per heavy atom. The van der Waals surface area contributed by atoms with Crippen LogP contribution in [0, 0.1) is 6.92 Å². The van der Waals surface area contributed by atoms with Crippen LogP contribution in [-0.2, 0) is 6.42 Å². The van der Waals surface area contributed by atoms with Crippen molar-refractivity contribution in [3.8, 4) is 10.4 Å². The molecule has 0 saturated carbocycles. The number of aryl methyl sites for hydroxylation is 1. The van der Waals surface area contributed by atoms with Crippen LogP contribution in [0.5, 0.6) is 0 Å². The Morgan fingerprint density at radius 2 is 1.30 bits per heavy atom. The molecule has 0 aliphatic heterocycles. The normalized spacial score (nSPS) is 10.2. The van der Waals surface area contributed by atoms with E-state index in [1.165, 1.54) is 62.9 Å². The number of rotatable bonds is 6. The van der Waals surface area contributed by atoms with Crippen molar-refractivity contribution in [2.75, 3.05) is 0 Å². The van der Waals surface area contributed by atoms with Crippen molar-refractivity contribution in [3.05, 3.63) is 95.6 Å². The average Bonchev–Trinajstić information content (AvgIpc) is 3.13. The van der Waals surface area contributed by atoms with Gasteiger partial charge in [-0.25, -0.2) is 0 Å². The second-order valence-corrected chi connectivity index (χ2v) is 8.69. The molecule has 4 rings (SSSR count). The smallest absolute Gasteiger partial charge is 0.0390 e. The lowest BCUT2D eigenvalue weighted by Crippen LogP contribution is -1.89. The molecular weight excluding hydrogens is 384 g/mol. The minimum atomic E-state index is 0. The van der Waals surface area contributed by atoms with Gasteiger partial charge in [0.25, 0.3) is 0 Å². The van der Waals surface area contributed by atoms with E-state index in [0.29, 0.717) is 0 Å². The molecule has 0 bridgehead atoms. The van der Waals surface area contributed by atoms with Gasteiger partial charge in [-0.1, -0.05) is 118 Å². The van der Waals surface area contributed by atoms with Crippen LogP contribution in [0.3, 0.4) is 0 Å². The average molecular weight is 419 g/mol. The summed E-state index contributed by atoms with van der Waals surface area (Å²) < 4.78 is 1.37. The van der Waals surface area contributed by atoms with Crippen LogP contribution in [0.15, 0.2) is 78.9 Å². The molecule has 1 aromatic heterocycles. The SMILES string of the molecule is CCCCCC.Cc1ccc(Cc2c(-c3ccccc3)sc3ccccc23)cc1.O. The largest absolute Gasteiger partial charge is 0.412 e. The maximum absolute atomic E-state index is 2.25. The van der Waals surface area contributed by atoms with Crippen molar-refractivity contribution in [3.63, 3.8) is 0 Å². The lowest BCUT2D eigenvalue weighted by molar-refractivity contribution is 0.702. The van der Waals surface area contributed by atoms with Crippen LogP contribution in [-0.4, -0.2) is 5.48 Å². The molecule has 0 radical (unpaired) electrons. The van der Waals surface area contributed by atoms with E-state index in [1.54, 1.807) is 0 Å². The summed E-state index contributed by atoms with van der Waals surface area (Å²) in [7, 11) is 0. The zero-order valence-corrected chi connectivity index (χ0v) is 19.3. The van der Waals surface area contributed by atoms with Gasteiger partial charge in [-0.05, 0) is 41.5 Å². The zero-order chi connectivity index (χ0) is 20.5. The van der Waals surface area contributed by atoms with E-state index in [2.05, 4.69) is 99.6 Å². The number of fused-ring (bicyclic) bond motifs is 1. The zero-order valence-electron chi connectivity index (χ0n) is 18.4. The predicted molar refractivity (Wildman–Crippen MR) is 135 cm³/mol. The van der Waals surface area contributed by atoms with Gasteiger partial charge in [0.05, 0.1) is 0 Å². The molecule has 0 aliphatic rings. The van der Waals surface area contributed by atoms with Gasteiger partial charge in [0.1, 0.15) is 0 Å². The highest BCUT2D eigenvalue weighted by atomic mass is 32.1. The summed E-state index contributed by atoms with van der Waals surface area (Å²) in [5.41, 5.74) is 5.44. The fourth-order valence-electron chi connectivity index (χ4n) is 3.51. The van der Waals surface area contributed by atoms with Crippen molar-refractivity contribution in [2.24, 2.45) is 0 Å². The van der Waals surface area contributed by atoms with E-state index < -0.39 is 0 Å². The molecule has 0 fully saturated rings. The first kappa shape index (κ1) is 23.9. The molecule has 0 saturated heterocycles. The van der Waals surface area contributed by atoms with Gasteiger partial charge in [-0.15, -0.1) is 11.3 Å². The van der Waals surface area contributed by atoms with Crippen LogP contribution in [0.2, 0.25) is 0 Å². The molecule has 2 N–H and O–H groups in total. The molecule has 30 heavy (non-hydrogen) atoms. The summed E-state index contributed by atoms with van der Waals surface area (Å²) >= 11 is 1.90. The van der Waals surface area contributed by atoms with E-state index in [9.17, 15) is 0 Å². The third-order valence-corrected chi connectivity index (χ3v) is 6.46. The van der Waals surface area contributed by atoms with Crippen molar-refractivity contribution in [1.82, 2.24) is 0 Å². The molecule has 1 nitrogen and oxygen atoms in total. The first-order valence-electron chi connectivity index (χ1n) is 10.8. The molecule has 1 heterocycles. The van der Waals surface area contributed by atoms with E-state index in [1.807, 2.05) is 11.3 Å². The van der Waals surface area contributed by atoms with E-state index in [-0.39, 0.29) is 5.48 Å². The summed E-state index contributed by atoms with van der Waals surface area (Å²) in [4.78, 5) is 1.40. The van der Waals surface area contributed by atoms with E-state index in [4.69, 9.17) is 0 Å². The predicted octanol–water partition coefficient (Wildman–Crippen LogP) is 8.23. The molecule has 0 spiro atoms. The molecule has 3 aromatic carbocycles. The van der Waals surface area contributed by atoms with Crippen molar-refractivity contribution >= 4 is 21.4 Å². The van der Waals surface area contributed by atoms with Crippen molar-refractivity contribution in [1.29, 1.82) is 0 Å². The first-order chi connectivity index (χ1) is 14.2. The van der Waals surface area contributed by atoms with Gasteiger partial charge in [-0.3, -0.25) is 0 Å². The number of hydrogen-bond acceptors (Lipinski definition) is 1. The molecule has 0 atom stereocenters. The lowest BCUT2D eigenvalue weighted by atomic mass is 9.98. The summed E-state index contributed by atoms with van der Waals surface area (Å²) in [6.45, 7) is 6.60. The quantitative estimate of drug-likeness (QED) is 0.282. The fraction of sp³-hybridized carbons (Fsp3) is 0.286. The molecule has 2 heteroatoms. The highest BCUT2D eigenvalue weighted by Crippen LogP contribution is 2.39. The summed E-state index contributed by atoms with van der Waals surface area (Å²) in [5.74, 6) is 0. The van der Waals surface area contributed by atoms with Crippen LogP contribution in [0.1, 0.15) is 56.2 Å². The van der Waals surface area contributed by atoms with Crippen molar-refractivity contribution < 1.29 is 5.48 Å². The Morgan fingerprint density at radius 1 is 0.700 bits per heavy atom. The topological polar surface area (TPSA) is 31.5 Å². The van der Waals surface area contributed by atoms with Gasteiger partial charge < -0.3 is 5.48 Å². The standard InChI is InChI=1S/C22H18S.C6H14.H2O/c1-16-11-13-17(14-12-16)15-20-19-9-5-6-10-21(19)23-22(20)18-7-3-2-4-8-18;1-3-5-6-4-2;/h2-14H,15H2,1H3;3-6H2,1-2H3;1H2.